The molecule has 5 rings (SSSR count). The number of benzene rings is 2. The van der Waals surface area contributed by atoms with Crippen molar-refractivity contribution < 1.29 is 27.5 Å². The molecule has 0 fully saturated rings. The molecule has 0 saturated carbocycles. The first-order valence-electron chi connectivity index (χ1n) is 12.8. The van der Waals surface area contributed by atoms with Crippen molar-refractivity contribution >= 4 is 28.8 Å². The van der Waals surface area contributed by atoms with E-state index in [0.29, 0.717) is 6.04 Å². The Morgan fingerprint density at radius 1 is 1.18 bits per heavy atom. The van der Waals surface area contributed by atoms with Gasteiger partial charge in [-0.25, -0.2) is 13.9 Å². The van der Waals surface area contributed by atoms with Crippen LogP contribution in [-0.2, 0) is 11.3 Å². The van der Waals surface area contributed by atoms with Crippen LogP contribution in [0.5, 0.6) is 0 Å². The smallest absolute Gasteiger partial charge is 0.475 e. The number of fused-ring (bicyclic) bond motifs is 3. The molecule has 214 valence electrons. The molecule has 40 heavy (non-hydrogen) atoms. The van der Waals surface area contributed by atoms with E-state index >= 15 is 0 Å². The summed E-state index contributed by atoms with van der Waals surface area (Å²) in [5, 5.41) is 19.5. The Morgan fingerprint density at radius 3 is 2.50 bits per heavy atom. The monoisotopic (exact) mass is 579 g/mol. The van der Waals surface area contributed by atoms with E-state index in [4.69, 9.17) is 21.5 Å². The van der Waals surface area contributed by atoms with Gasteiger partial charge >= 0.3 is 12.1 Å². The summed E-state index contributed by atoms with van der Waals surface area (Å²) in [6.07, 6.45) is -0.844. The number of carboxylic acid groups (broad SMARTS) is 1. The number of carbonyl (C=O) groups is 1. The van der Waals surface area contributed by atoms with Crippen LogP contribution in [0.15, 0.2) is 42.5 Å². The molecule has 3 aromatic rings. The van der Waals surface area contributed by atoms with Crippen LogP contribution in [-0.4, -0.2) is 56.3 Å². The molecule has 2 N–H and O–H groups in total. The molecule has 3 heterocycles. The molecular weight excluding hydrogens is 550 g/mol. The molecule has 7 nitrogen and oxygen atoms in total. The molecule has 0 spiro atoms. The Balaban J connectivity index is 0.000000470. The highest BCUT2D eigenvalue weighted by atomic mass is 35.5. The maximum atomic E-state index is 13.7. The van der Waals surface area contributed by atoms with Gasteiger partial charge in [-0.15, -0.1) is 5.10 Å². The third-order valence-electron chi connectivity index (χ3n) is 7.06. The first-order valence-corrected chi connectivity index (χ1v) is 13.2. The highest BCUT2D eigenvalue weighted by Crippen LogP contribution is 2.39. The van der Waals surface area contributed by atoms with Crippen LogP contribution in [0.4, 0.5) is 23.2 Å². The number of alkyl halides is 3. The summed E-state index contributed by atoms with van der Waals surface area (Å²) in [6.45, 7) is 9.31. The summed E-state index contributed by atoms with van der Waals surface area (Å²) in [6, 6.07) is 12.2. The fourth-order valence-electron chi connectivity index (χ4n) is 4.92. The number of aromatic nitrogens is 3. The number of nitrogens with one attached hydrogen (secondary N) is 1. The van der Waals surface area contributed by atoms with Crippen LogP contribution in [0.1, 0.15) is 49.6 Å². The Kier molecular flexibility index (Phi) is 8.84. The standard InChI is InChI=1S/C26H29ClFN5.C2HF3O2/c1-16(2)32-11-8-18(9-12-32)19-4-6-21-22(14-19)25(10-13-33-26(21)17(3)30-31-33)29-20-5-7-24(28)23(27)15-20;3-2(4,5)1(6)7/h4-8,14-16,25,29H,9-13H2,1-3H3;(H,6,7). The average Bonchev–Trinajstić information content (AvgIpc) is 3.20. The largest absolute Gasteiger partial charge is 0.490 e. The summed E-state index contributed by atoms with van der Waals surface area (Å²) in [5.74, 6) is -3.17. The van der Waals surface area contributed by atoms with Gasteiger partial charge in [0, 0.05) is 36.9 Å². The summed E-state index contributed by atoms with van der Waals surface area (Å²) in [4.78, 5) is 11.4. The first-order chi connectivity index (χ1) is 18.8. The lowest BCUT2D eigenvalue weighted by molar-refractivity contribution is -0.192. The minimum absolute atomic E-state index is 0.0407. The zero-order chi connectivity index (χ0) is 29.2. The molecule has 0 bridgehead atoms. The summed E-state index contributed by atoms with van der Waals surface area (Å²) in [5.41, 5.74) is 7.82. The number of rotatable bonds is 4. The summed E-state index contributed by atoms with van der Waals surface area (Å²) < 4.78 is 47.4. The van der Waals surface area contributed by atoms with Crippen molar-refractivity contribution in [2.75, 3.05) is 18.4 Å². The van der Waals surface area contributed by atoms with Crippen molar-refractivity contribution in [3.8, 4) is 11.3 Å². The Morgan fingerprint density at radius 2 is 1.90 bits per heavy atom. The van der Waals surface area contributed by atoms with Crippen molar-refractivity contribution in [1.29, 1.82) is 0 Å². The highest BCUT2D eigenvalue weighted by molar-refractivity contribution is 6.31. The number of hydrogen-bond donors (Lipinski definition) is 2. The fraction of sp³-hybridized carbons (Fsp3) is 0.393. The number of aliphatic carboxylic acids is 1. The van der Waals surface area contributed by atoms with Crippen LogP contribution in [0, 0.1) is 12.7 Å². The van der Waals surface area contributed by atoms with Crippen LogP contribution in [0.25, 0.3) is 16.8 Å². The van der Waals surface area contributed by atoms with Gasteiger partial charge in [0.25, 0.3) is 0 Å². The summed E-state index contributed by atoms with van der Waals surface area (Å²) >= 11 is 6.05. The maximum absolute atomic E-state index is 13.7. The molecule has 2 aliphatic rings. The Hall–Kier alpha value is -3.44. The Labute approximate surface area is 234 Å². The van der Waals surface area contributed by atoms with Crippen LogP contribution in [0.2, 0.25) is 5.02 Å². The molecular formula is C28H30ClF4N5O2. The van der Waals surface area contributed by atoms with Gasteiger partial charge in [0.15, 0.2) is 0 Å². The van der Waals surface area contributed by atoms with E-state index in [-0.39, 0.29) is 11.1 Å². The predicted molar refractivity (Wildman–Crippen MR) is 146 cm³/mol. The lowest BCUT2D eigenvalue weighted by atomic mass is 9.90. The number of nitrogens with zero attached hydrogens (tertiary/aromatic N) is 4. The molecule has 0 saturated heterocycles. The van der Waals surface area contributed by atoms with E-state index in [1.165, 1.54) is 22.8 Å². The average molecular weight is 580 g/mol. The second-order valence-corrected chi connectivity index (χ2v) is 10.4. The predicted octanol–water partition coefficient (Wildman–Crippen LogP) is 6.73. The van der Waals surface area contributed by atoms with Gasteiger partial charge in [-0.1, -0.05) is 35.0 Å². The number of halogens is 5. The van der Waals surface area contributed by atoms with Crippen molar-refractivity contribution in [2.45, 2.75) is 58.4 Å². The van der Waals surface area contributed by atoms with Gasteiger partial charge in [0.2, 0.25) is 0 Å². The van der Waals surface area contributed by atoms with Gasteiger partial charge in [-0.3, -0.25) is 4.90 Å². The third kappa shape index (κ3) is 6.64. The van der Waals surface area contributed by atoms with Crippen LogP contribution < -0.4 is 5.32 Å². The minimum atomic E-state index is -5.08. The molecule has 0 amide bonds. The van der Waals surface area contributed by atoms with Crippen LogP contribution in [0.3, 0.4) is 0 Å². The van der Waals surface area contributed by atoms with E-state index in [1.54, 1.807) is 12.1 Å². The molecule has 0 aliphatic carbocycles. The highest BCUT2D eigenvalue weighted by Gasteiger charge is 2.38. The molecule has 2 aliphatic heterocycles. The lowest BCUT2D eigenvalue weighted by Crippen LogP contribution is -2.34. The van der Waals surface area contributed by atoms with Gasteiger partial charge in [0.1, 0.15) is 5.82 Å². The quantitative estimate of drug-likeness (QED) is 0.333. The first kappa shape index (κ1) is 29.5. The fourth-order valence-corrected chi connectivity index (χ4v) is 5.10. The SMILES string of the molecule is Cc1nnn2c1-c1ccc(C3=CCN(C(C)C)CC3)cc1C(Nc1ccc(F)c(Cl)c1)CC2.O=C(O)C(F)(F)F. The molecule has 1 atom stereocenters. The van der Waals surface area contributed by atoms with Crippen LogP contribution >= 0.6 is 11.6 Å². The normalized spacial score (nSPS) is 17.2. The van der Waals surface area contributed by atoms with E-state index in [2.05, 4.69) is 58.7 Å². The summed E-state index contributed by atoms with van der Waals surface area (Å²) in [7, 11) is 0. The van der Waals surface area contributed by atoms with Gasteiger partial charge in [-0.2, -0.15) is 13.2 Å². The van der Waals surface area contributed by atoms with E-state index in [0.717, 1.165) is 55.1 Å². The molecule has 12 heteroatoms. The van der Waals surface area contributed by atoms with Crippen molar-refractivity contribution in [3.63, 3.8) is 0 Å². The number of aryl methyl sites for hydroxylation is 2. The second kappa shape index (κ2) is 12.0. The number of hydrogen-bond acceptors (Lipinski definition) is 5. The van der Waals surface area contributed by atoms with Crippen molar-refractivity contribution in [3.05, 3.63) is 70.1 Å². The molecule has 1 aromatic heterocycles. The zero-order valence-corrected chi connectivity index (χ0v) is 23.0. The molecule has 1 unspecified atom stereocenters. The minimum Gasteiger partial charge on any atom is -0.475 e. The van der Waals surface area contributed by atoms with Crippen molar-refractivity contribution in [2.24, 2.45) is 0 Å². The topological polar surface area (TPSA) is 83.3 Å². The van der Waals surface area contributed by atoms with E-state index < -0.39 is 18.0 Å². The van der Waals surface area contributed by atoms with Gasteiger partial charge in [0.05, 0.1) is 22.5 Å². The lowest BCUT2D eigenvalue weighted by Gasteiger charge is -2.30. The second-order valence-electron chi connectivity index (χ2n) is 10.0. The molecule has 0 radical (unpaired) electrons. The molecule has 2 aromatic carbocycles. The maximum Gasteiger partial charge on any atom is 0.490 e. The number of carboxylic acids is 1. The van der Waals surface area contributed by atoms with E-state index in [9.17, 15) is 17.6 Å². The number of anilines is 1. The van der Waals surface area contributed by atoms with Gasteiger partial charge in [-0.05, 0) is 74.6 Å². The van der Waals surface area contributed by atoms with Gasteiger partial charge < -0.3 is 10.4 Å². The van der Waals surface area contributed by atoms with Crippen molar-refractivity contribution in [1.82, 2.24) is 19.9 Å². The van der Waals surface area contributed by atoms with E-state index in [1.807, 2.05) is 11.6 Å². The third-order valence-corrected chi connectivity index (χ3v) is 7.35. The Bertz CT molecular complexity index is 1420. The zero-order valence-electron chi connectivity index (χ0n) is 22.3.